The summed E-state index contributed by atoms with van der Waals surface area (Å²) in [5.74, 6) is 1.19. The SMILES string of the molecule is COc1ccc2nccc(CCCC3CCN(CCCc4ccnnc4)CC3CCC(=O)O)c2c1. The normalized spacial score (nSPS) is 18.5. The van der Waals surface area contributed by atoms with Crippen LogP contribution in [0.5, 0.6) is 5.75 Å². The molecule has 1 saturated heterocycles. The minimum absolute atomic E-state index is 0.256. The van der Waals surface area contributed by atoms with Crippen LogP contribution in [-0.4, -0.2) is 57.9 Å². The molecule has 0 spiro atoms. The summed E-state index contributed by atoms with van der Waals surface area (Å²) < 4.78 is 5.41. The highest BCUT2D eigenvalue weighted by Gasteiger charge is 2.29. The Morgan fingerprint density at radius 3 is 2.80 bits per heavy atom. The van der Waals surface area contributed by atoms with E-state index in [2.05, 4.69) is 32.2 Å². The first-order valence-corrected chi connectivity index (χ1v) is 12.7. The third kappa shape index (κ3) is 7.21. The summed E-state index contributed by atoms with van der Waals surface area (Å²) in [7, 11) is 1.69. The van der Waals surface area contributed by atoms with Gasteiger partial charge in [0.05, 0.1) is 18.8 Å². The minimum Gasteiger partial charge on any atom is -0.497 e. The number of carbonyl (C=O) groups is 1. The fraction of sp³-hybridized carbons (Fsp3) is 0.500. The summed E-state index contributed by atoms with van der Waals surface area (Å²) in [6.45, 7) is 3.14. The molecular weight excluding hydrogens is 440 g/mol. The van der Waals surface area contributed by atoms with Gasteiger partial charge in [-0.2, -0.15) is 10.2 Å². The molecule has 0 amide bonds. The third-order valence-corrected chi connectivity index (χ3v) is 7.35. The number of carboxylic acids is 1. The van der Waals surface area contributed by atoms with Crippen molar-refractivity contribution in [1.82, 2.24) is 20.1 Å². The Bertz CT molecular complexity index is 1090. The van der Waals surface area contributed by atoms with Crippen molar-refractivity contribution in [3.05, 3.63) is 60.0 Å². The van der Waals surface area contributed by atoms with Gasteiger partial charge in [0.2, 0.25) is 0 Å². The van der Waals surface area contributed by atoms with E-state index in [9.17, 15) is 9.90 Å². The number of fused-ring (bicyclic) bond motifs is 1. The van der Waals surface area contributed by atoms with E-state index in [0.717, 1.165) is 81.2 Å². The van der Waals surface area contributed by atoms with Crippen LogP contribution in [0.15, 0.2) is 48.9 Å². The van der Waals surface area contributed by atoms with Crippen molar-refractivity contribution in [2.45, 2.75) is 51.4 Å². The van der Waals surface area contributed by atoms with E-state index in [4.69, 9.17) is 4.74 Å². The molecule has 2 atom stereocenters. The molecule has 1 N–H and O–H groups in total. The number of ether oxygens (including phenoxy) is 1. The highest BCUT2D eigenvalue weighted by Crippen LogP contribution is 2.32. The van der Waals surface area contributed by atoms with Crippen molar-refractivity contribution in [3.63, 3.8) is 0 Å². The van der Waals surface area contributed by atoms with Gasteiger partial charge >= 0.3 is 5.97 Å². The van der Waals surface area contributed by atoms with Crippen molar-refractivity contribution in [2.24, 2.45) is 11.8 Å². The van der Waals surface area contributed by atoms with Gasteiger partial charge in [-0.1, -0.05) is 0 Å². The molecule has 7 nitrogen and oxygen atoms in total. The van der Waals surface area contributed by atoms with E-state index >= 15 is 0 Å². The molecule has 0 aliphatic carbocycles. The average molecular weight is 477 g/mol. The monoisotopic (exact) mass is 476 g/mol. The van der Waals surface area contributed by atoms with E-state index < -0.39 is 5.97 Å². The van der Waals surface area contributed by atoms with Gasteiger partial charge in [0.15, 0.2) is 0 Å². The predicted octanol–water partition coefficient (Wildman–Crippen LogP) is 4.79. The average Bonchev–Trinajstić information content (AvgIpc) is 2.88. The molecule has 0 bridgehead atoms. The lowest BCUT2D eigenvalue weighted by molar-refractivity contribution is -0.137. The van der Waals surface area contributed by atoms with Gasteiger partial charge in [-0.25, -0.2) is 0 Å². The summed E-state index contributed by atoms with van der Waals surface area (Å²) in [6.07, 6.45) is 12.9. The van der Waals surface area contributed by atoms with Gasteiger partial charge in [-0.15, -0.1) is 0 Å². The molecule has 7 heteroatoms. The van der Waals surface area contributed by atoms with Gasteiger partial charge in [0.1, 0.15) is 5.75 Å². The maximum absolute atomic E-state index is 11.3. The second-order valence-electron chi connectivity index (χ2n) is 9.64. The number of carboxylic acid groups (broad SMARTS) is 1. The van der Waals surface area contributed by atoms with Crippen LogP contribution < -0.4 is 4.74 Å². The van der Waals surface area contributed by atoms with Crippen molar-refractivity contribution < 1.29 is 14.6 Å². The smallest absolute Gasteiger partial charge is 0.303 e. The lowest BCUT2D eigenvalue weighted by atomic mass is 9.79. The largest absolute Gasteiger partial charge is 0.497 e. The van der Waals surface area contributed by atoms with Gasteiger partial charge < -0.3 is 14.7 Å². The number of likely N-dealkylation sites (tertiary alicyclic amines) is 1. The van der Waals surface area contributed by atoms with Crippen molar-refractivity contribution in [1.29, 1.82) is 0 Å². The Hall–Kier alpha value is -3.06. The first-order chi connectivity index (χ1) is 17.1. The van der Waals surface area contributed by atoms with E-state index in [0.29, 0.717) is 11.8 Å². The quantitative estimate of drug-likeness (QED) is 0.402. The zero-order chi connectivity index (χ0) is 24.5. The molecule has 1 aliphatic heterocycles. The molecule has 0 saturated carbocycles. The lowest BCUT2D eigenvalue weighted by Crippen LogP contribution is -2.41. The molecule has 4 rings (SSSR count). The number of aryl methyl sites for hydroxylation is 2. The van der Waals surface area contributed by atoms with E-state index in [1.807, 2.05) is 30.6 Å². The van der Waals surface area contributed by atoms with Gasteiger partial charge in [-0.05, 0) is 111 Å². The lowest BCUT2D eigenvalue weighted by Gasteiger charge is -2.39. The maximum atomic E-state index is 11.3. The number of nitrogens with zero attached hydrogens (tertiary/aromatic N) is 4. The number of methoxy groups -OCH3 is 1. The Kier molecular flexibility index (Phi) is 9.01. The zero-order valence-electron chi connectivity index (χ0n) is 20.6. The molecule has 1 aromatic carbocycles. The molecule has 0 radical (unpaired) electrons. The first kappa shape index (κ1) is 25.0. The number of piperidine rings is 1. The van der Waals surface area contributed by atoms with Crippen LogP contribution in [0, 0.1) is 11.8 Å². The summed E-state index contributed by atoms with van der Waals surface area (Å²) in [6, 6.07) is 10.2. The number of pyridine rings is 1. The molecule has 1 aliphatic rings. The number of benzene rings is 1. The molecule has 2 unspecified atom stereocenters. The first-order valence-electron chi connectivity index (χ1n) is 12.7. The van der Waals surface area contributed by atoms with Gasteiger partial charge in [-0.3, -0.25) is 9.78 Å². The van der Waals surface area contributed by atoms with E-state index in [-0.39, 0.29) is 6.42 Å². The minimum atomic E-state index is -0.691. The molecule has 2 aromatic heterocycles. The fourth-order valence-electron chi connectivity index (χ4n) is 5.43. The second kappa shape index (κ2) is 12.6. The topological polar surface area (TPSA) is 88.4 Å². The number of aliphatic carboxylic acids is 1. The number of aromatic nitrogens is 3. The summed E-state index contributed by atoms with van der Waals surface area (Å²) in [4.78, 5) is 18.3. The Balaban J connectivity index is 1.31. The van der Waals surface area contributed by atoms with Crippen LogP contribution in [-0.2, 0) is 17.6 Å². The number of hydrogen-bond donors (Lipinski definition) is 1. The standard InChI is InChI=1S/C28H36N4O3/c1-35-25-8-9-27-26(18-25)23(12-14-29-27)6-2-5-22-13-17-32(20-24(22)7-10-28(33)34)16-3-4-21-11-15-30-31-19-21/h8-9,11-12,14-15,18-19,22,24H,2-7,10,13,16-17,20H2,1H3,(H,33,34). The van der Waals surface area contributed by atoms with Crippen molar-refractivity contribution >= 4 is 16.9 Å². The molecule has 35 heavy (non-hydrogen) atoms. The number of rotatable bonds is 12. The van der Waals surface area contributed by atoms with Crippen LogP contribution in [0.2, 0.25) is 0 Å². The van der Waals surface area contributed by atoms with Crippen LogP contribution >= 0.6 is 0 Å². The highest BCUT2D eigenvalue weighted by atomic mass is 16.5. The van der Waals surface area contributed by atoms with Gasteiger partial charge in [0.25, 0.3) is 0 Å². The molecule has 186 valence electrons. The number of hydrogen-bond acceptors (Lipinski definition) is 6. The van der Waals surface area contributed by atoms with Crippen LogP contribution in [0.3, 0.4) is 0 Å². The highest BCUT2D eigenvalue weighted by molar-refractivity contribution is 5.83. The molecular formula is C28H36N4O3. The van der Waals surface area contributed by atoms with Crippen LogP contribution in [0.4, 0.5) is 0 Å². The van der Waals surface area contributed by atoms with Crippen molar-refractivity contribution in [3.8, 4) is 5.75 Å². The Morgan fingerprint density at radius 1 is 1.09 bits per heavy atom. The Labute approximate surface area is 207 Å². The molecule has 3 heterocycles. The summed E-state index contributed by atoms with van der Waals surface area (Å²) in [5.41, 5.74) is 3.52. The van der Waals surface area contributed by atoms with Gasteiger partial charge in [0, 0.05) is 30.7 Å². The second-order valence-corrected chi connectivity index (χ2v) is 9.64. The molecule has 3 aromatic rings. The molecule has 1 fully saturated rings. The van der Waals surface area contributed by atoms with E-state index in [1.54, 1.807) is 13.3 Å². The fourth-order valence-corrected chi connectivity index (χ4v) is 5.43. The maximum Gasteiger partial charge on any atom is 0.303 e. The van der Waals surface area contributed by atoms with Crippen LogP contribution in [0.25, 0.3) is 10.9 Å². The summed E-state index contributed by atoms with van der Waals surface area (Å²) >= 11 is 0. The van der Waals surface area contributed by atoms with Crippen LogP contribution in [0.1, 0.15) is 49.7 Å². The summed E-state index contributed by atoms with van der Waals surface area (Å²) in [5, 5.41) is 18.3. The van der Waals surface area contributed by atoms with Crippen molar-refractivity contribution in [2.75, 3.05) is 26.7 Å². The zero-order valence-corrected chi connectivity index (χ0v) is 20.6. The Morgan fingerprint density at radius 2 is 2.00 bits per heavy atom. The predicted molar refractivity (Wildman–Crippen MR) is 136 cm³/mol. The third-order valence-electron chi connectivity index (χ3n) is 7.35. The van der Waals surface area contributed by atoms with E-state index in [1.165, 1.54) is 11.1 Å².